The van der Waals surface area contributed by atoms with Gasteiger partial charge in [-0.2, -0.15) is 0 Å². The van der Waals surface area contributed by atoms with Gasteiger partial charge in [0.1, 0.15) is 0 Å². The van der Waals surface area contributed by atoms with Gasteiger partial charge in [0.25, 0.3) is 0 Å². The highest BCUT2D eigenvalue weighted by Gasteiger charge is 2.06. The normalized spacial score (nSPS) is 11.0. The van der Waals surface area contributed by atoms with Crippen molar-refractivity contribution < 1.29 is 0 Å². The molecule has 0 amide bonds. The highest BCUT2D eigenvalue weighted by molar-refractivity contribution is 7.98. The number of anilines is 1. The van der Waals surface area contributed by atoms with E-state index in [2.05, 4.69) is 42.2 Å². The van der Waals surface area contributed by atoms with Gasteiger partial charge in [-0.15, -0.1) is 11.8 Å². The number of nitrogen functional groups attached to an aromatic ring is 1. The Morgan fingerprint density at radius 1 is 1.05 bits per heavy atom. The van der Waals surface area contributed by atoms with Crippen LogP contribution >= 0.6 is 11.8 Å². The Labute approximate surface area is 129 Å². The highest BCUT2D eigenvalue weighted by atomic mass is 32.2. The maximum absolute atomic E-state index is 6.06. The number of nitrogens with zero attached hydrogens (tertiary/aromatic N) is 1. The molecule has 0 fully saturated rings. The summed E-state index contributed by atoms with van der Waals surface area (Å²) in [5.41, 5.74) is 11.6. The fourth-order valence-corrected chi connectivity index (χ4v) is 3.49. The van der Waals surface area contributed by atoms with E-state index in [1.54, 1.807) is 11.8 Å². The summed E-state index contributed by atoms with van der Waals surface area (Å²) in [5.74, 6) is 0.900. The zero-order valence-corrected chi connectivity index (χ0v) is 13.1. The molecule has 2 nitrogen and oxygen atoms in total. The zero-order chi connectivity index (χ0) is 14.8. The first kappa shape index (κ1) is 14.0. The molecule has 0 saturated carbocycles. The van der Waals surface area contributed by atoms with E-state index in [1.807, 2.05) is 25.1 Å². The lowest BCUT2D eigenvalue weighted by molar-refractivity contribution is 1.23. The van der Waals surface area contributed by atoms with Crippen molar-refractivity contribution in [1.29, 1.82) is 0 Å². The van der Waals surface area contributed by atoms with Gasteiger partial charge in [-0.3, -0.25) is 4.98 Å². The van der Waals surface area contributed by atoms with Gasteiger partial charge in [-0.1, -0.05) is 24.3 Å². The maximum Gasteiger partial charge on any atom is 0.0708 e. The van der Waals surface area contributed by atoms with Crippen molar-refractivity contribution in [2.45, 2.75) is 24.5 Å². The van der Waals surface area contributed by atoms with Gasteiger partial charge >= 0.3 is 0 Å². The Morgan fingerprint density at radius 3 is 2.71 bits per heavy atom. The summed E-state index contributed by atoms with van der Waals surface area (Å²) in [5, 5.41) is 1.22. The molecular formula is C18H18N2S. The molecule has 3 aromatic rings. The summed E-state index contributed by atoms with van der Waals surface area (Å²) in [4.78, 5) is 5.74. The summed E-state index contributed by atoms with van der Waals surface area (Å²) >= 11 is 1.79. The monoisotopic (exact) mass is 294 g/mol. The van der Waals surface area contributed by atoms with Crippen molar-refractivity contribution in [3.63, 3.8) is 0 Å². The van der Waals surface area contributed by atoms with E-state index in [-0.39, 0.29) is 0 Å². The van der Waals surface area contributed by atoms with E-state index in [0.29, 0.717) is 0 Å². The van der Waals surface area contributed by atoms with Crippen LogP contribution in [0.3, 0.4) is 0 Å². The molecule has 3 rings (SSSR count). The van der Waals surface area contributed by atoms with Crippen LogP contribution in [0.5, 0.6) is 0 Å². The van der Waals surface area contributed by atoms with Crippen LogP contribution in [0.25, 0.3) is 10.9 Å². The van der Waals surface area contributed by atoms with Crippen LogP contribution in [0, 0.1) is 13.8 Å². The van der Waals surface area contributed by atoms with E-state index in [0.717, 1.165) is 27.5 Å². The molecule has 1 aromatic heterocycles. The number of pyridine rings is 1. The van der Waals surface area contributed by atoms with Crippen molar-refractivity contribution in [2.75, 3.05) is 5.73 Å². The number of aryl methyl sites for hydroxylation is 2. The Kier molecular flexibility index (Phi) is 3.84. The second-order valence-electron chi connectivity index (χ2n) is 5.27. The second-order valence-corrected chi connectivity index (χ2v) is 6.29. The average Bonchev–Trinajstić information content (AvgIpc) is 2.47. The van der Waals surface area contributed by atoms with Gasteiger partial charge in [-0.05, 0) is 49.2 Å². The van der Waals surface area contributed by atoms with E-state index in [1.165, 1.54) is 16.5 Å². The first-order valence-electron chi connectivity index (χ1n) is 6.97. The Bertz CT molecular complexity index is 796. The number of thioether (sulfide) groups is 1. The molecule has 0 atom stereocenters. The third-order valence-corrected chi connectivity index (χ3v) is 4.60. The number of para-hydroxylation sites is 1. The van der Waals surface area contributed by atoms with Gasteiger partial charge in [0.15, 0.2) is 0 Å². The van der Waals surface area contributed by atoms with Crippen LogP contribution in [0.2, 0.25) is 0 Å². The fourth-order valence-electron chi connectivity index (χ4n) is 2.44. The summed E-state index contributed by atoms with van der Waals surface area (Å²) in [6.45, 7) is 4.14. The minimum absolute atomic E-state index is 0.848. The number of hydrogen-bond acceptors (Lipinski definition) is 3. The Hall–Kier alpha value is -2.00. The average molecular weight is 294 g/mol. The SMILES string of the molecule is Cc1ccc(N)c(SCc2cc(C)nc3ccccc23)c1. The number of fused-ring (bicyclic) bond motifs is 1. The Balaban J connectivity index is 1.93. The van der Waals surface area contributed by atoms with E-state index < -0.39 is 0 Å². The van der Waals surface area contributed by atoms with Gasteiger partial charge in [0, 0.05) is 27.4 Å². The number of rotatable bonds is 3. The molecular weight excluding hydrogens is 276 g/mol. The number of hydrogen-bond donors (Lipinski definition) is 1. The first-order chi connectivity index (χ1) is 10.1. The lowest BCUT2D eigenvalue weighted by Gasteiger charge is -2.10. The number of nitrogens with two attached hydrogens (primary N) is 1. The molecule has 0 aliphatic carbocycles. The first-order valence-corrected chi connectivity index (χ1v) is 7.96. The standard InChI is InChI=1S/C18H18N2S/c1-12-7-8-16(19)18(9-12)21-11-14-10-13(2)20-17-6-4-3-5-15(14)17/h3-10H,11,19H2,1-2H3. The fraction of sp³-hybridized carbons (Fsp3) is 0.167. The molecule has 0 radical (unpaired) electrons. The van der Waals surface area contributed by atoms with Crippen molar-refractivity contribution in [1.82, 2.24) is 4.98 Å². The summed E-state index contributed by atoms with van der Waals surface area (Å²) < 4.78 is 0. The molecule has 106 valence electrons. The van der Waals surface area contributed by atoms with Crippen LogP contribution in [-0.4, -0.2) is 4.98 Å². The minimum atomic E-state index is 0.848. The van der Waals surface area contributed by atoms with Crippen molar-refractivity contribution in [3.05, 3.63) is 65.4 Å². The smallest absolute Gasteiger partial charge is 0.0708 e. The van der Waals surface area contributed by atoms with Gasteiger partial charge in [0.05, 0.1) is 5.52 Å². The lowest BCUT2D eigenvalue weighted by Crippen LogP contribution is -1.92. The van der Waals surface area contributed by atoms with Gasteiger partial charge in [0.2, 0.25) is 0 Å². The molecule has 21 heavy (non-hydrogen) atoms. The van der Waals surface area contributed by atoms with E-state index in [4.69, 9.17) is 5.73 Å². The number of benzene rings is 2. The predicted molar refractivity (Wildman–Crippen MR) is 91.6 cm³/mol. The Morgan fingerprint density at radius 2 is 1.86 bits per heavy atom. The maximum atomic E-state index is 6.06. The van der Waals surface area contributed by atoms with Gasteiger partial charge < -0.3 is 5.73 Å². The molecule has 0 aliphatic rings. The van der Waals surface area contributed by atoms with Crippen LogP contribution < -0.4 is 5.73 Å². The molecule has 2 aromatic carbocycles. The summed E-state index contributed by atoms with van der Waals surface area (Å²) in [6.07, 6.45) is 0. The largest absolute Gasteiger partial charge is 0.398 e. The third kappa shape index (κ3) is 3.03. The topological polar surface area (TPSA) is 38.9 Å². The summed E-state index contributed by atoms with van der Waals surface area (Å²) in [7, 11) is 0. The third-order valence-electron chi connectivity index (χ3n) is 3.48. The predicted octanol–water partition coefficient (Wildman–Crippen LogP) is 4.73. The van der Waals surface area contributed by atoms with Crippen LogP contribution in [-0.2, 0) is 5.75 Å². The van der Waals surface area contributed by atoms with Crippen LogP contribution in [0.4, 0.5) is 5.69 Å². The van der Waals surface area contributed by atoms with Gasteiger partial charge in [-0.25, -0.2) is 0 Å². The van der Waals surface area contributed by atoms with E-state index >= 15 is 0 Å². The van der Waals surface area contributed by atoms with Crippen molar-refractivity contribution >= 4 is 28.4 Å². The molecule has 0 aliphatic heterocycles. The highest BCUT2D eigenvalue weighted by Crippen LogP contribution is 2.31. The minimum Gasteiger partial charge on any atom is -0.398 e. The van der Waals surface area contributed by atoms with Crippen molar-refractivity contribution in [3.8, 4) is 0 Å². The van der Waals surface area contributed by atoms with Crippen molar-refractivity contribution in [2.24, 2.45) is 0 Å². The van der Waals surface area contributed by atoms with E-state index in [9.17, 15) is 0 Å². The lowest BCUT2D eigenvalue weighted by atomic mass is 10.1. The molecule has 0 saturated heterocycles. The second kappa shape index (κ2) is 5.78. The molecule has 3 heteroatoms. The molecule has 0 unspecified atom stereocenters. The zero-order valence-electron chi connectivity index (χ0n) is 12.3. The quantitative estimate of drug-likeness (QED) is 0.561. The van der Waals surface area contributed by atoms with Crippen LogP contribution in [0.1, 0.15) is 16.8 Å². The molecule has 2 N–H and O–H groups in total. The molecule has 1 heterocycles. The molecule has 0 bridgehead atoms. The van der Waals surface area contributed by atoms with Crippen LogP contribution in [0.15, 0.2) is 53.4 Å². The number of aromatic nitrogens is 1. The summed E-state index contributed by atoms with van der Waals surface area (Å²) in [6, 6.07) is 16.6. The molecule has 0 spiro atoms.